The Morgan fingerprint density at radius 3 is 2.91 bits per heavy atom. The van der Waals surface area contributed by atoms with E-state index in [0.717, 1.165) is 41.8 Å². The van der Waals surface area contributed by atoms with Gasteiger partial charge in [-0.25, -0.2) is 4.39 Å². The van der Waals surface area contributed by atoms with Crippen LogP contribution >= 0.6 is 27.7 Å². The van der Waals surface area contributed by atoms with E-state index in [9.17, 15) is 9.18 Å². The molecule has 1 atom stereocenters. The Bertz CT molecular complexity index is 740. The van der Waals surface area contributed by atoms with Gasteiger partial charge in [0.2, 0.25) is 0 Å². The van der Waals surface area contributed by atoms with Gasteiger partial charge >= 0.3 is 0 Å². The van der Waals surface area contributed by atoms with Crippen molar-refractivity contribution < 1.29 is 9.18 Å². The first-order chi connectivity index (χ1) is 10.6. The van der Waals surface area contributed by atoms with E-state index in [-0.39, 0.29) is 17.5 Å². The van der Waals surface area contributed by atoms with Crippen molar-refractivity contribution in [1.29, 1.82) is 0 Å². The lowest BCUT2D eigenvalue weighted by Gasteiger charge is -2.33. The van der Waals surface area contributed by atoms with Crippen molar-refractivity contribution in [3.8, 4) is 0 Å². The number of rotatable bonds is 1. The number of carbonyl (C=O) groups is 1. The van der Waals surface area contributed by atoms with Gasteiger partial charge in [-0.2, -0.15) is 0 Å². The van der Waals surface area contributed by atoms with Gasteiger partial charge in [-0.05, 0) is 52.9 Å². The number of benzene rings is 1. The quantitative estimate of drug-likeness (QED) is 0.770. The molecule has 114 valence electrons. The number of halogens is 2. The zero-order chi connectivity index (χ0) is 15.3. The van der Waals surface area contributed by atoms with E-state index >= 15 is 0 Å². The Morgan fingerprint density at radius 1 is 1.23 bits per heavy atom. The topological polar surface area (TPSA) is 29.1 Å². The Labute approximate surface area is 141 Å². The van der Waals surface area contributed by atoms with E-state index in [1.807, 2.05) is 23.9 Å². The Kier molecular flexibility index (Phi) is 3.65. The largest absolute Gasteiger partial charge is 0.361 e. The van der Waals surface area contributed by atoms with Crippen molar-refractivity contribution in [2.45, 2.75) is 31.6 Å². The molecule has 0 radical (unpaired) electrons. The predicted molar refractivity (Wildman–Crippen MR) is 90.0 cm³/mol. The number of hydrogen-bond donors (Lipinski definition) is 1. The maximum Gasteiger partial charge on any atom is 0.161 e. The highest BCUT2D eigenvalue weighted by Crippen LogP contribution is 2.50. The Morgan fingerprint density at radius 2 is 2.09 bits per heavy atom. The van der Waals surface area contributed by atoms with E-state index in [4.69, 9.17) is 0 Å². The van der Waals surface area contributed by atoms with Crippen molar-refractivity contribution >= 4 is 33.5 Å². The van der Waals surface area contributed by atoms with Crippen LogP contribution in [0.4, 0.5) is 4.39 Å². The molecular formula is C17H15BrFNOS. The van der Waals surface area contributed by atoms with Crippen molar-refractivity contribution in [3.05, 3.63) is 55.9 Å². The van der Waals surface area contributed by atoms with Crippen LogP contribution in [-0.4, -0.2) is 11.5 Å². The molecule has 0 fully saturated rings. The summed E-state index contributed by atoms with van der Waals surface area (Å²) in [6.07, 6.45) is 3.48. The molecule has 5 heteroatoms. The maximum atomic E-state index is 13.6. The van der Waals surface area contributed by atoms with Gasteiger partial charge in [-0.15, -0.1) is 11.8 Å². The van der Waals surface area contributed by atoms with Crippen LogP contribution in [0.25, 0.3) is 0 Å². The smallest absolute Gasteiger partial charge is 0.161 e. The number of nitrogens with one attached hydrogen (secondary N) is 1. The van der Waals surface area contributed by atoms with Crippen LogP contribution in [0.3, 0.4) is 0 Å². The van der Waals surface area contributed by atoms with Gasteiger partial charge in [-0.3, -0.25) is 4.79 Å². The molecule has 1 N–H and O–H groups in total. The minimum Gasteiger partial charge on any atom is -0.361 e. The molecular weight excluding hydrogens is 365 g/mol. The fourth-order valence-corrected chi connectivity index (χ4v) is 5.18. The first kappa shape index (κ1) is 14.5. The Hall–Kier alpha value is -1.07. The van der Waals surface area contributed by atoms with Crippen LogP contribution in [-0.2, 0) is 4.79 Å². The zero-order valence-corrected chi connectivity index (χ0v) is 14.3. The molecule has 1 aromatic carbocycles. The van der Waals surface area contributed by atoms with Crippen molar-refractivity contribution in [3.63, 3.8) is 0 Å². The number of carbonyl (C=O) groups excluding carboxylic acids is 1. The lowest BCUT2D eigenvalue weighted by molar-refractivity contribution is -0.116. The van der Waals surface area contributed by atoms with Gasteiger partial charge < -0.3 is 5.32 Å². The van der Waals surface area contributed by atoms with E-state index in [1.54, 1.807) is 0 Å². The molecule has 2 heterocycles. The molecule has 1 aromatic rings. The first-order valence-electron chi connectivity index (χ1n) is 7.49. The SMILES string of the molecule is O=C1CCCC2=C1[C@H](c1ccc(F)c(Br)c1)C1=C(CCS1)N2. The summed E-state index contributed by atoms with van der Waals surface area (Å²) in [6.45, 7) is 0. The highest BCUT2D eigenvalue weighted by Gasteiger charge is 2.38. The monoisotopic (exact) mass is 379 g/mol. The number of hydrogen-bond acceptors (Lipinski definition) is 3. The highest BCUT2D eigenvalue weighted by molar-refractivity contribution is 9.10. The molecule has 0 saturated heterocycles. The minimum atomic E-state index is -0.268. The van der Waals surface area contributed by atoms with Crippen molar-refractivity contribution in [2.24, 2.45) is 0 Å². The van der Waals surface area contributed by atoms with Crippen LogP contribution in [0.5, 0.6) is 0 Å². The van der Waals surface area contributed by atoms with E-state index in [2.05, 4.69) is 21.2 Å². The number of Topliss-reactive ketones (excluding diaryl/α,β-unsaturated/α-hetero) is 1. The summed E-state index contributed by atoms with van der Waals surface area (Å²) < 4.78 is 14.0. The van der Waals surface area contributed by atoms with Crippen LogP contribution < -0.4 is 5.32 Å². The second kappa shape index (κ2) is 5.53. The number of dihydropyridines is 1. The summed E-state index contributed by atoms with van der Waals surface area (Å²) in [6, 6.07) is 5.11. The maximum absolute atomic E-state index is 13.6. The molecule has 3 aliphatic rings. The molecule has 2 aliphatic heterocycles. The van der Waals surface area contributed by atoms with E-state index < -0.39 is 0 Å². The van der Waals surface area contributed by atoms with E-state index in [1.165, 1.54) is 16.7 Å². The summed E-state index contributed by atoms with van der Waals surface area (Å²) in [5, 5.41) is 3.51. The van der Waals surface area contributed by atoms with E-state index in [0.29, 0.717) is 10.9 Å². The standard InChI is InChI=1S/C17H15BrFNOS/c18-10-8-9(4-5-11(10)19)15-16-12(2-1-3-14(16)21)20-13-6-7-22-17(13)15/h4-5,8,15,20H,1-3,6-7H2/t15-/m0/s1. The lowest BCUT2D eigenvalue weighted by atomic mass is 9.79. The molecule has 22 heavy (non-hydrogen) atoms. The fourth-order valence-electron chi connectivity index (χ4n) is 3.51. The third-order valence-electron chi connectivity index (χ3n) is 4.49. The van der Waals surface area contributed by atoms with Crippen LogP contribution in [0.2, 0.25) is 0 Å². The third-order valence-corrected chi connectivity index (χ3v) is 6.30. The van der Waals surface area contributed by atoms with Crippen LogP contribution in [0.15, 0.2) is 44.5 Å². The van der Waals surface area contributed by atoms with Crippen molar-refractivity contribution in [1.82, 2.24) is 5.32 Å². The van der Waals surface area contributed by atoms with Gasteiger partial charge in [0.15, 0.2) is 5.78 Å². The molecule has 0 amide bonds. The van der Waals surface area contributed by atoms with Gasteiger partial charge in [0.25, 0.3) is 0 Å². The highest BCUT2D eigenvalue weighted by atomic mass is 79.9. The number of thioether (sulfide) groups is 1. The summed E-state index contributed by atoms with van der Waals surface area (Å²) in [4.78, 5) is 13.8. The summed E-state index contributed by atoms with van der Waals surface area (Å²) in [5.74, 6) is 0.988. The molecule has 0 saturated carbocycles. The zero-order valence-electron chi connectivity index (χ0n) is 11.9. The molecule has 0 unspecified atom stereocenters. The number of allylic oxidation sites excluding steroid dienone is 4. The van der Waals surface area contributed by atoms with Crippen LogP contribution in [0.1, 0.15) is 37.2 Å². The molecule has 4 rings (SSSR count). The first-order valence-corrected chi connectivity index (χ1v) is 9.27. The third kappa shape index (κ3) is 2.26. The average Bonchev–Trinajstić information content (AvgIpc) is 2.96. The molecule has 0 bridgehead atoms. The van der Waals surface area contributed by atoms with Gasteiger partial charge in [0.1, 0.15) is 5.82 Å². The van der Waals surface area contributed by atoms with Gasteiger partial charge in [0.05, 0.1) is 4.47 Å². The lowest BCUT2D eigenvalue weighted by Crippen LogP contribution is -2.30. The minimum absolute atomic E-state index is 0.0246. The summed E-state index contributed by atoms with van der Waals surface area (Å²) >= 11 is 5.09. The van der Waals surface area contributed by atoms with Gasteiger partial charge in [0, 0.05) is 40.0 Å². The van der Waals surface area contributed by atoms with Gasteiger partial charge in [-0.1, -0.05) is 6.07 Å². The fraction of sp³-hybridized carbons (Fsp3) is 0.353. The molecule has 0 aromatic heterocycles. The summed E-state index contributed by atoms with van der Waals surface area (Å²) in [7, 11) is 0. The molecule has 0 spiro atoms. The predicted octanol–water partition coefficient (Wildman–Crippen LogP) is 4.63. The average molecular weight is 380 g/mol. The van der Waals surface area contributed by atoms with Crippen molar-refractivity contribution in [2.75, 3.05) is 5.75 Å². The second-order valence-corrected chi connectivity index (χ2v) is 7.83. The summed E-state index contributed by atoms with van der Waals surface area (Å²) in [5.41, 5.74) is 4.24. The second-order valence-electron chi connectivity index (χ2n) is 5.84. The Balaban J connectivity index is 1.87. The molecule has 2 nitrogen and oxygen atoms in total. The molecule has 1 aliphatic carbocycles. The number of ketones is 1. The van der Waals surface area contributed by atoms with Crippen LogP contribution in [0, 0.1) is 5.82 Å². The normalized spacial score (nSPS) is 24.3.